The number of aromatic nitrogens is 2. The van der Waals surface area contributed by atoms with Crippen LogP contribution in [-0.2, 0) is 28.3 Å². The number of aryl methyl sites for hydroxylation is 1. The Labute approximate surface area is 145 Å². The molecule has 3 heterocycles. The number of amides is 1. The molecule has 24 heavy (non-hydrogen) atoms. The maximum atomic E-state index is 12.6. The minimum Gasteiger partial charge on any atom is -0.341 e. The van der Waals surface area contributed by atoms with Gasteiger partial charge < -0.3 is 9.47 Å². The van der Waals surface area contributed by atoms with Gasteiger partial charge in [0.1, 0.15) is 0 Å². The molecule has 0 radical (unpaired) electrons. The highest BCUT2D eigenvalue weighted by Gasteiger charge is 2.29. The summed E-state index contributed by atoms with van der Waals surface area (Å²) in [5.41, 5.74) is 1.01. The Morgan fingerprint density at radius 2 is 2.12 bits per heavy atom. The molecule has 1 saturated heterocycles. The number of carbonyl (C=O) groups excluding carboxylic acids is 1. The number of nitrogens with zero attached hydrogens (tertiary/aromatic N) is 4. The molecule has 1 aliphatic heterocycles. The van der Waals surface area contributed by atoms with Gasteiger partial charge in [0, 0.05) is 39.4 Å². The maximum absolute atomic E-state index is 12.6. The Morgan fingerprint density at radius 3 is 2.79 bits per heavy atom. The molecule has 0 unspecified atom stereocenters. The lowest BCUT2D eigenvalue weighted by Crippen LogP contribution is -2.38. The third-order valence-corrected chi connectivity index (χ3v) is 6.54. The van der Waals surface area contributed by atoms with Crippen LogP contribution in [0.2, 0.25) is 0 Å². The van der Waals surface area contributed by atoms with Gasteiger partial charge >= 0.3 is 0 Å². The van der Waals surface area contributed by atoms with Gasteiger partial charge in [-0.1, -0.05) is 0 Å². The first-order chi connectivity index (χ1) is 11.5. The Bertz CT molecular complexity index is 799. The quantitative estimate of drug-likeness (QED) is 0.805. The van der Waals surface area contributed by atoms with Gasteiger partial charge in [0.05, 0.1) is 12.7 Å². The minimum atomic E-state index is -3.60. The van der Waals surface area contributed by atoms with Crippen LogP contribution in [0.5, 0.6) is 0 Å². The van der Waals surface area contributed by atoms with Crippen LogP contribution < -0.4 is 0 Å². The number of sulfonamides is 1. The Morgan fingerprint density at radius 1 is 1.29 bits per heavy atom. The van der Waals surface area contributed by atoms with Crippen LogP contribution in [0.1, 0.15) is 12.0 Å². The van der Waals surface area contributed by atoms with Crippen molar-refractivity contribution >= 4 is 27.3 Å². The van der Waals surface area contributed by atoms with Gasteiger partial charge in [-0.05, 0) is 28.8 Å². The highest BCUT2D eigenvalue weighted by molar-refractivity contribution is 7.89. The van der Waals surface area contributed by atoms with Gasteiger partial charge in [-0.3, -0.25) is 4.79 Å². The largest absolute Gasteiger partial charge is 0.341 e. The second-order valence-corrected chi connectivity index (χ2v) is 8.49. The summed E-state index contributed by atoms with van der Waals surface area (Å²) in [6.45, 7) is 1.70. The third-order valence-electron chi connectivity index (χ3n) is 4.03. The molecule has 7 nitrogen and oxygen atoms in total. The molecule has 130 valence electrons. The number of rotatable bonds is 4. The lowest BCUT2D eigenvalue weighted by Gasteiger charge is -2.21. The number of thiophene rings is 1. The fraction of sp³-hybridized carbons (Fsp3) is 0.467. The molecule has 1 amide bonds. The summed E-state index contributed by atoms with van der Waals surface area (Å²) in [5.74, 6) is 0.0467. The zero-order valence-electron chi connectivity index (χ0n) is 13.5. The summed E-state index contributed by atoms with van der Waals surface area (Å²) < 4.78 is 28.3. The van der Waals surface area contributed by atoms with Crippen molar-refractivity contribution in [3.05, 3.63) is 34.9 Å². The van der Waals surface area contributed by atoms with Crippen molar-refractivity contribution in [1.82, 2.24) is 18.8 Å². The molecule has 1 aliphatic rings. The Kier molecular flexibility index (Phi) is 5.02. The first-order valence-corrected chi connectivity index (χ1v) is 10.1. The molecule has 3 rings (SSSR count). The first kappa shape index (κ1) is 17.1. The first-order valence-electron chi connectivity index (χ1n) is 7.74. The van der Waals surface area contributed by atoms with E-state index in [2.05, 4.69) is 4.98 Å². The topological polar surface area (TPSA) is 75.5 Å². The summed E-state index contributed by atoms with van der Waals surface area (Å²) in [6.07, 6.45) is 3.97. The second kappa shape index (κ2) is 7.04. The lowest BCUT2D eigenvalue weighted by atomic mass is 10.2. The fourth-order valence-electron chi connectivity index (χ4n) is 2.72. The number of hydrogen-bond acceptors (Lipinski definition) is 5. The van der Waals surface area contributed by atoms with Crippen LogP contribution >= 0.6 is 11.3 Å². The van der Waals surface area contributed by atoms with Crippen LogP contribution in [0.3, 0.4) is 0 Å². The monoisotopic (exact) mass is 368 g/mol. The maximum Gasteiger partial charge on any atom is 0.262 e. The van der Waals surface area contributed by atoms with Crippen molar-refractivity contribution in [1.29, 1.82) is 0 Å². The molecule has 9 heteroatoms. The van der Waals surface area contributed by atoms with E-state index in [4.69, 9.17) is 0 Å². The molecule has 0 bridgehead atoms. The van der Waals surface area contributed by atoms with Crippen molar-refractivity contribution in [2.24, 2.45) is 7.05 Å². The van der Waals surface area contributed by atoms with Crippen LogP contribution in [0.4, 0.5) is 0 Å². The zero-order chi connectivity index (χ0) is 17.2. The van der Waals surface area contributed by atoms with E-state index in [0.29, 0.717) is 39.0 Å². The van der Waals surface area contributed by atoms with E-state index in [1.807, 2.05) is 16.8 Å². The second-order valence-electron chi connectivity index (χ2n) is 5.82. The molecule has 1 fully saturated rings. The van der Waals surface area contributed by atoms with E-state index in [9.17, 15) is 13.2 Å². The van der Waals surface area contributed by atoms with Crippen LogP contribution in [0.25, 0.3) is 0 Å². The van der Waals surface area contributed by atoms with E-state index in [0.717, 1.165) is 5.56 Å². The molecule has 2 aromatic rings. The van der Waals surface area contributed by atoms with Gasteiger partial charge in [0.25, 0.3) is 10.0 Å². The molecule has 0 atom stereocenters. The highest BCUT2D eigenvalue weighted by Crippen LogP contribution is 2.16. The normalized spacial score (nSPS) is 17.0. The molecule has 2 aromatic heterocycles. The average molecular weight is 368 g/mol. The number of imidazole rings is 1. The van der Waals surface area contributed by atoms with Gasteiger partial charge in [0.15, 0.2) is 5.03 Å². The van der Waals surface area contributed by atoms with E-state index in [1.165, 1.54) is 16.8 Å². The van der Waals surface area contributed by atoms with Crippen molar-refractivity contribution in [3.63, 3.8) is 0 Å². The van der Waals surface area contributed by atoms with Gasteiger partial charge in [-0.25, -0.2) is 13.4 Å². The van der Waals surface area contributed by atoms with Crippen LogP contribution in [-0.4, -0.2) is 59.3 Å². The zero-order valence-corrected chi connectivity index (χ0v) is 15.1. The Hall–Kier alpha value is -1.71. The molecule has 0 spiro atoms. The summed E-state index contributed by atoms with van der Waals surface area (Å²) >= 11 is 1.57. The van der Waals surface area contributed by atoms with Crippen LogP contribution in [0.15, 0.2) is 34.4 Å². The smallest absolute Gasteiger partial charge is 0.262 e. The standard InChI is InChI=1S/C15H20N4O3S2/c1-17-10-14(16-12-17)24(21,22)19-5-2-4-18(6-7-19)15(20)9-13-3-8-23-11-13/h3,8,10-12H,2,4-7,9H2,1H3. The Balaban J connectivity index is 1.65. The summed E-state index contributed by atoms with van der Waals surface area (Å²) in [7, 11) is -1.86. The van der Waals surface area contributed by atoms with Gasteiger partial charge in [-0.2, -0.15) is 15.6 Å². The van der Waals surface area contributed by atoms with Crippen molar-refractivity contribution in [2.45, 2.75) is 17.9 Å². The lowest BCUT2D eigenvalue weighted by molar-refractivity contribution is -0.130. The number of hydrogen-bond donors (Lipinski definition) is 0. The van der Waals surface area contributed by atoms with E-state index in [1.54, 1.807) is 27.9 Å². The van der Waals surface area contributed by atoms with Crippen molar-refractivity contribution < 1.29 is 13.2 Å². The van der Waals surface area contributed by atoms with E-state index >= 15 is 0 Å². The summed E-state index contributed by atoms with van der Waals surface area (Å²) in [5, 5.41) is 3.97. The SMILES string of the molecule is Cn1cnc(S(=O)(=O)N2CCCN(C(=O)Cc3ccsc3)CC2)c1. The van der Waals surface area contributed by atoms with Gasteiger partial charge in [0.2, 0.25) is 5.91 Å². The fourth-order valence-corrected chi connectivity index (χ4v) is 4.82. The number of carbonyl (C=O) groups is 1. The van der Waals surface area contributed by atoms with Crippen molar-refractivity contribution in [2.75, 3.05) is 26.2 Å². The molecular weight excluding hydrogens is 348 g/mol. The molecule has 0 aliphatic carbocycles. The predicted octanol–water partition coefficient (Wildman–Crippen LogP) is 0.947. The minimum absolute atomic E-state index is 0.0467. The van der Waals surface area contributed by atoms with E-state index in [-0.39, 0.29) is 10.9 Å². The third kappa shape index (κ3) is 3.68. The summed E-state index contributed by atoms with van der Waals surface area (Å²) in [4.78, 5) is 18.1. The van der Waals surface area contributed by atoms with Crippen molar-refractivity contribution in [3.8, 4) is 0 Å². The average Bonchev–Trinajstić information content (AvgIpc) is 3.13. The molecule has 0 aromatic carbocycles. The molecule has 0 N–H and O–H groups in total. The van der Waals surface area contributed by atoms with E-state index < -0.39 is 10.0 Å². The van der Waals surface area contributed by atoms with Gasteiger partial charge in [-0.15, -0.1) is 0 Å². The van der Waals surface area contributed by atoms with Crippen LogP contribution in [0, 0.1) is 0 Å². The molecule has 0 saturated carbocycles. The highest BCUT2D eigenvalue weighted by atomic mass is 32.2. The predicted molar refractivity (Wildman–Crippen MR) is 91.2 cm³/mol. The summed E-state index contributed by atoms with van der Waals surface area (Å²) in [6, 6.07) is 1.94. The molecular formula is C15H20N4O3S2.